The molecule has 11 heteroatoms. The Balaban J connectivity index is 1.67. The molecule has 0 spiro atoms. The van der Waals surface area contributed by atoms with Crippen LogP contribution in [0.5, 0.6) is 0 Å². The van der Waals surface area contributed by atoms with E-state index in [1.165, 1.54) is 11.1 Å². The van der Waals surface area contributed by atoms with Crippen molar-refractivity contribution >= 4 is 27.8 Å². The third-order valence-corrected chi connectivity index (χ3v) is 6.71. The summed E-state index contributed by atoms with van der Waals surface area (Å²) in [5, 5.41) is 3.09. The molecule has 4 rings (SSSR count). The first kappa shape index (κ1) is 21.2. The molecule has 1 fully saturated rings. The minimum atomic E-state index is -3.75. The second kappa shape index (κ2) is 8.23. The van der Waals surface area contributed by atoms with Crippen molar-refractivity contribution in [2.24, 2.45) is 5.73 Å². The minimum Gasteiger partial charge on any atom is -0.351 e. The molecule has 1 unspecified atom stereocenters. The van der Waals surface area contributed by atoms with Crippen LogP contribution in [0.1, 0.15) is 28.8 Å². The fourth-order valence-corrected chi connectivity index (χ4v) is 5.23. The molecule has 31 heavy (non-hydrogen) atoms. The Labute approximate surface area is 180 Å². The van der Waals surface area contributed by atoms with Gasteiger partial charge in [0.25, 0.3) is 5.91 Å². The smallest absolute Gasteiger partial charge is 0.320 e. The Morgan fingerprint density at radius 2 is 2.00 bits per heavy atom. The molecule has 2 aliphatic rings. The Morgan fingerprint density at radius 3 is 2.68 bits per heavy atom. The number of carbonyl (C=O) groups is 2. The van der Waals surface area contributed by atoms with Crippen LogP contribution in [0.15, 0.2) is 30.7 Å². The van der Waals surface area contributed by atoms with E-state index in [-0.39, 0.29) is 5.56 Å². The Kier molecular flexibility index (Phi) is 5.63. The van der Waals surface area contributed by atoms with Crippen molar-refractivity contribution < 1.29 is 18.0 Å². The fourth-order valence-electron chi connectivity index (χ4n) is 4.10. The number of nitrogens with zero attached hydrogens (tertiary/aromatic N) is 4. The highest BCUT2D eigenvalue weighted by Crippen LogP contribution is 2.29. The predicted octanol–water partition coefficient (Wildman–Crippen LogP) is 0.739. The topological polar surface area (TPSA) is 139 Å². The lowest BCUT2D eigenvalue weighted by Gasteiger charge is -2.27. The van der Waals surface area contributed by atoms with Crippen LogP contribution >= 0.6 is 0 Å². The average molecular weight is 445 g/mol. The molecule has 0 radical (unpaired) electrons. The lowest BCUT2D eigenvalue weighted by Crippen LogP contribution is -2.45. The van der Waals surface area contributed by atoms with Gasteiger partial charge in [-0.15, -0.1) is 0 Å². The van der Waals surface area contributed by atoms with Gasteiger partial charge in [-0.25, -0.2) is 22.5 Å². The van der Waals surface area contributed by atoms with Crippen molar-refractivity contribution in [3.63, 3.8) is 0 Å². The lowest BCUT2D eigenvalue weighted by atomic mass is 10.0. The van der Waals surface area contributed by atoms with Crippen molar-refractivity contribution in [3.8, 4) is 11.1 Å². The number of rotatable bonds is 4. The zero-order valence-electron chi connectivity index (χ0n) is 17.1. The van der Waals surface area contributed by atoms with Crippen molar-refractivity contribution in [2.45, 2.75) is 25.3 Å². The summed E-state index contributed by atoms with van der Waals surface area (Å²) >= 11 is 0. The van der Waals surface area contributed by atoms with Crippen molar-refractivity contribution in [3.05, 3.63) is 41.9 Å². The molecule has 3 amide bonds. The summed E-state index contributed by atoms with van der Waals surface area (Å²) in [6.07, 6.45) is 7.69. The fraction of sp³-hybridized carbons (Fsp3) is 0.400. The van der Waals surface area contributed by atoms with Gasteiger partial charge < -0.3 is 11.1 Å². The summed E-state index contributed by atoms with van der Waals surface area (Å²) in [7, 11) is -3.75. The highest BCUT2D eigenvalue weighted by atomic mass is 32.2. The first-order valence-electron chi connectivity index (χ1n) is 10.0. The van der Waals surface area contributed by atoms with Crippen molar-refractivity contribution in [1.29, 1.82) is 0 Å². The van der Waals surface area contributed by atoms with Gasteiger partial charge in [0, 0.05) is 42.8 Å². The minimum absolute atomic E-state index is 0.186. The zero-order chi connectivity index (χ0) is 22.2. The first-order valence-corrected chi connectivity index (χ1v) is 11.9. The van der Waals surface area contributed by atoms with Crippen LogP contribution in [-0.4, -0.2) is 66.6 Å². The van der Waals surface area contributed by atoms with E-state index in [4.69, 9.17) is 5.73 Å². The SMILES string of the molecule is CS(=O)(=O)N(C(=O)c1cncc(-c2cnc3c(c2)CCCN3C(N)=O)c1)C1CCNC1. The number of pyridine rings is 2. The van der Waals surface area contributed by atoms with Gasteiger partial charge in [0.2, 0.25) is 10.0 Å². The molecule has 1 atom stereocenters. The molecule has 0 aromatic carbocycles. The lowest BCUT2D eigenvalue weighted by molar-refractivity contribution is 0.0829. The molecule has 2 aromatic rings. The van der Waals surface area contributed by atoms with Crippen LogP contribution in [0.25, 0.3) is 11.1 Å². The first-order chi connectivity index (χ1) is 14.8. The number of sulfonamides is 1. The Bertz CT molecular complexity index is 1130. The molecule has 1 saturated heterocycles. The van der Waals surface area contributed by atoms with E-state index in [2.05, 4.69) is 15.3 Å². The quantitative estimate of drug-likeness (QED) is 0.709. The van der Waals surface area contributed by atoms with Gasteiger partial charge in [0.1, 0.15) is 5.82 Å². The molecule has 0 saturated carbocycles. The van der Waals surface area contributed by atoms with Crippen molar-refractivity contribution in [2.75, 3.05) is 30.8 Å². The molecule has 2 aromatic heterocycles. The molecule has 3 N–H and O–H groups in total. The van der Waals surface area contributed by atoms with Crippen LogP contribution in [-0.2, 0) is 16.4 Å². The van der Waals surface area contributed by atoms with E-state index in [0.717, 1.165) is 34.5 Å². The Hall–Kier alpha value is -3.05. The largest absolute Gasteiger partial charge is 0.351 e. The monoisotopic (exact) mass is 444 g/mol. The van der Waals surface area contributed by atoms with Crippen LogP contribution < -0.4 is 16.0 Å². The summed E-state index contributed by atoms with van der Waals surface area (Å²) < 4.78 is 25.6. The zero-order valence-corrected chi connectivity index (χ0v) is 17.9. The average Bonchev–Trinajstić information content (AvgIpc) is 3.26. The number of aryl methyl sites for hydroxylation is 1. The maximum Gasteiger partial charge on any atom is 0.320 e. The summed E-state index contributed by atoms with van der Waals surface area (Å²) in [6.45, 7) is 1.61. The van der Waals surface area contributed by atoms with Gasteiger partial charge in [0.15, 0.2) is 0 Å². The van der Waals surface area contributed by atoms with Gasteiger partial charge >= 0.3 is 6.03 Å². The predicted molar refractivity (Wildman–Crippen MR) is 115 cm³/mol. The number of fused-ring (bicyclic) bond motifs is 1. The standard InChI is InChI=1S/C20H24N6O4S/c1-31(29,30)26(17-4-5-22-12-17)19(27)16-8-14(9-23-10-16)15-7-13-3-2-6-25(20(21)28)18(13)24-11-15/h7-11,17,22H,2-6,12H2,1H3,(H2,21,28). The van der Waals surface area contributed by atoms with Crippen LogP contribution in [0, 0.1) is 0 Å². The molecule has 164 valence electrons. The van der Waals surface area contributed by atoms with E-state index in [9.17, 15) is 18.0 Å². The molecule has 10 nitrogen and oxygen atoms in total. The van der Waals surface area contributed by atoms with E-state index < -0.39 is 28.0 Å². The van der Waals surface area contributed by atoms with Gasteiger partial charge in [-0.05, 0) is 43.5 Å². The normalized spacial score (nSPS) is 18.5. The number of aromatic nitrogens is 2. The number of amides is 3. The van der Waals surface area contributed by atoms with E-state index in [0.29, 0.717) is 37.4 Å². The molecule has 0 bridgehead atoms. The number of nitrogens with two attached hydrogens (primary N) is 1. The molecular weight excluding hydrogens is 420 g/mol. The maximum absolute atomic E-state index is 13.1. The number of anilines is 1. The van der Waals surface area contributed by atoms with E-state index in [1.807, 2.05) is 6.07 Å². The summed E-state index contributed by atoms with van der Waals surface area (Å²) in [5.74, 6) is -0.0592. The maximum atomic E-state index is 13.1. The number of primary amides is 1. The third-order valence-electron chi connectivity index (χ3n) is 5.53. The summed E-state index contributed by atoms with van der Waals surface area (Å²) in [6, 6.07) is 2.56. The van der Waals surface area contributed by atoms with Crippen LogP contribution in [0.3, 0.4) is 0 Å². The second-order valence-corrected chi connectivity index (χ2v) is 9.63. The highest BCUT2D eigenvalue weighted by Gasteiger charge is 2.34. The third kappa shape index (κ3) is 4.23. The van der Waals surface area contributed by atoms with Gasteiger partial charge in [0.05, 0.1) is 17.9 Å². The number of carbonyl (C=O) groups excluding carboxylic acids is 2. The number of nitrogens with one attached hydrogen (secondary N) is 1. The molecule has 2 aliphatic heterocycles. The van der Waals surface area contributed by atoms with Crippen LogP contribution in [0.4, 0.5) is 10.6 Å². The number of hydrogen-bond acceptors (Lipinski definition) is 7. The van der Waals surface area contributed by atoms with E-state index >= 15 is 0 Å². The number of urea groups is 1. The number of hydrogen-bond donors (Lipinski definition) is 2. The Morgan fingerprint density at radius 1 is 1.23 bits per heavy atom. The van der Waals surface area contributed by atoms with Gasteiger partial charge in [-0.3, -0.25) is 14.7 Å². The van der Waals surface area contributed by atoms with Crippen molar-refractivity contribution in [1.82, 2.24) is 19.6 Å². The molecule has 4 heterocycles. The summed E-state index contributed by atoms with van der Waals surface area (Å²) in [5.41, 5.74) is 7.87. The van der Waals surface area contributed by atoms with Gasteiger partial charge in [-0.2, -0.15) is 0 Å². The van der Waals surface area contributed by atoms with Gasteiger partial charge in [-0.1, -0.05) is 0 Å². The molecular formula is C20H24N6O4S. The van der Waals surface area contributed by atoms with Crippen LogP contribution in [0.2, 0.25) is 0 Å². The summed E-state index contributed by atoms with van der Waals surface area (Å²) in [4.78, 5) is 34.8. The second-order valence-electron chi connectivity index (χ2n) is 7.77. The highest BCUT2D eigenvalue weighted by molar-refractivity contribution is 7.88. The van der Waals surface area contributed by atoms with E-state index in [1.54, 1.807) is 18.5 Å². The molecule has 0 aliphatic carbocycles.